The van der Waals surface area contributed by atoms with Gasteiger partial charge in [-0.2, -0.15) is 0 Å². The summed E-state index contributed by atoms with van der Waals surface area (Å²) in [5, 5.41) is 3.52. The second kappa shape index (κ2) is 8.28. The van der Waals surface area contributed by atoms with Crippen molar-refractivity contribution in [1.82, 2.24) is 5.32 Å². The number of hydrogen-bond donors (Lipinski definition) is 1. The highest BCUT2D eigenvalue weighted by Crippen LogP contribution is 2.10. The topological polar surface area (TPSA) is 21.3 Å². The van der Waals surface area contributed by atoms with Crippen molar-refractivity contribution in [2.24, 2.45) is 0 Å². The molecule has 0 aliphatic carbocycles. The van der Waals surface area contributed by atoms with E-state index in [1.54, 1.807) is 0 Å². The number of nitrogens with one attached hydrogen (secondary N) is 1. The third-order valence-corrected chi connectivity index (χ3v) is 3.60. The predicted molar refractivity (Wildman–Crippen MR) is 75.8 cm³/mol. The van der Waals surface area contributed by atoms with Crippen LogP contribution < -0.4 is 5.32 Å². The quantitative estimate of drug-likeness (QED) is 0.712. The van der Waals surface area contributed by atoms with Gasteiger partial charge in [-0.3, -0.25) is 0 Å². The molecule has 0 radical (unpaired) electrons. The largest absolute Gasteiger partial charge is 0.381 e. The highest BCUT2D eigenvalue weighted by Gasteiger charge is 2.12. The fourth-order valence-corrected chi connectivity index (χ4v) is 2.56. The molecule has 100 valence electrons. The first kappa shape index (κ1) is 13.6. The number of ether oxygens (including phenoxy) is 1. The fraction of sp³-hybridized carbons (Fsp3) is 0.625. The molecule has 1 aliphatic heterocycles. The summed E-state index contributed by atoms with van der Waals surface area (Å²) in [4.78, 5) is 0. The molecule has 0 aromatic heterocycles. The smallest absolute Gasteiger partial charge is 0.0469 e. The molecule has 1 aromatic carbocycles. The van der Waals surface area contributed by atoms with Crippen LogP contribution in [0.2, 0.25) is 0 Å². The van der Waals surface area contributed by atoms with Gasteiger partial charge >= 0.3 is 0 Å². The fourth-order valence-electron chi connectivity index (χ4n) is 2.56. The van der Waals surface area contributed by atoms with Crippen molar-refractivity contribution < 1.29 is 4.74 Å². The normalized spacial score (nSPS) is 19.2. The molecule has 0 spiro atoms. The summed E-state index contributed by atoms with van der Waals surface area (Å²) in [5.41, 5.74) is 1.41. The van der Waals surface area contributed by atoms with E-state index in [0.717, 1.165) is 32.1 Å². The van der Waals surface area contributed by atoms with Crippen LogP contribution in [0.1, 0.15) is 37.7 Å². The Morgan fingerprint density at radius 2 is 1.94 bits per heavy atom. The third-order valence-electron chi connectivity index (χ3n) is 3.60. The molecular weight excluding hydrogens is 222 g/mol. The molecule has 0 saturated carbocycles. The summed E-state index contributed by atoms with van der Waals surface area (Å²) >= 11 is 0. The van der Waals surface area contributed by atoms with Crippen molar-refractivity contribution >= 4 is 0 Å². The van der Waals surface area contributed by atoms with Gasteiger partial charge in [0.2, 0.25) is 0 Å². The minimum absolute atomic E-state index is 0.762. The Labute approximate surface area is 111 Å². The molecule has 2 heteroatoms. The molecule has 0 amide bonds. The summed E-state index contributed by atoms with van der Waals surface area (Å²) in [5.74, 6) is 0. The average molecular weight is 247 g/mol. The second-order valence-corrected chi connectivity index (χ2v) is 5.14. The first-order valence-electron chi connectivity index (χ1n) is 7.30. The van der Waals surface area contributed by atoms with Gasteiger partial charge in [-0.25, -0.2) is 0 Å². The zero-order valence-corrected chi connectivity index (χ0v) is 11.2. The van der Waals surface area contributed by atoms with E-state index in [2.05, 4.69) is 35.6 Å². The Morgan fingerprint density at radius 1 is 1.11 bits per heavy atom. The highest BCUT2D eigenvalue weighted by molar-refractivity contribution is 5.14. The van der Waals surface area contributed by atoms with Crippen LogP contribution in [0.3, 0.4) is 0 Å². The van der Waals surface area contributed by atoms with Gasteiger partial charge in [-0.05, 0) is 50.6 Å². The molecule has 1 fully saturated rings. The zero-order valence-electron chi connectivity index (χ0n) is 11.2. The first-order valence-corrected chi connectivity index (χ1v) is 7.30. The van der Waals surface area contributed by atoms with Gasteiger partial charge in [-0.1, -0.05) is 30.3 Å². The molecule has 0 bridgehead atoms. The Balaban J connectivity index is 1.42. The molecule has 1 aliphatic rings. The van der Waals surface area contributed by atoms with E-state index in [1.807, 2.05) is 0 Å². The maximum Gasteiger partial charge on any atom is 0.0469 e. The van der Waals surface area contributed by atoms with Gasteiger partial charge in [-0.15, -0.1) is 0 Å². The van der Waals surface area contributed by atoms with Crippen LogP contribution in [0.25, 0.3) is 0 Å². The summed E-state index contributed by atoms with van der Waals surface area (Å²) in [7, 11) is 0. The number of benzene rings is 1. The van der Waals surface area contributed by atoms with E-state index >= 15 is 0 Å². The van der Waals surface area contributed by atoms with Crippen LogP contribution in [-0.2, 0) is 11.2 Å². The van der Waals surface area contributed by atoms with E-state index in [1.165, 1.54) is 37.8 Å². The monoisotopic (exact) mass is 247 g/mol. The SMILES string of the molecule is c1ccc(CCCOCCCC2CCCN2)cc1. The van der Waals surface area contributed by atoms with E-state index in [0.29, 0.717) is 0 Å². The van der Waals surface area contributed by atoms with Gasteiger partial charge in [0.05, 0.1) is 0 Å². The van der Waals surface area contributed by atoms with Crippen LogP contribution in [0.15, 0.2) is 30.3 Å². The van der Waals surface area contributed by atoms with Gasteiger partial charge < -0.3 is 10.1 Å². The number of aryl methyl sites for hydroxylation is 1. The van der Waals surface area contributed by atoms with E-state index in [9.17, 15) is 0 Å². The lowest BCUT2D eigenvalue weighted by Gasteiger charge is -2.09. The zero-order chi connectivity index (χ0) is 12.5. The van der Waals surface area contributed by atoms with Crippen molar-refractivity contribution in [3.63, 3.8) is 0 Å². The lowest BCUT2D eigenvalue weighted by Crippen LogP contribution is -2.21. The maximum absolute atomic E-state index is 5.69. The minimum atomic E-state index is 0.762. The summed E-state index contributed by atoms with van der Waals surface area (Å²) in [6.07, 6.45) is 7.44. The molecule has 1 saturated heterocycles. The molecular formula is C16H25NO. The van der Waals surface area contributed by atoms with Crippen LogP contribution in [-0.4, -0.2) is 25.8 Å². The highest BCUT2D eigenvalue weighted by atomic mass is 16.5. The third kappa shape index (κ3) is 5.19. The number of rotatable bonds is 8. The predicted octanol–water partition coefficient (Wildman–Crippen LogP) is 3.17. The van der Waals surface area contributed by atoms with Crippen molar-refractivity contribution in [2.45, 2.75) is 44.6 Å². The molecule has 1 heterocycles. The molecule has 1 aromatic rings. The Morgan fingerprint density at radius 3 is 2.72 bits per heavy atom. The van der Waals surface area contributed by atoms with Gasteiger partial charge in [0.25, 0.3) is 0 Å². The number of hydrogen-bond acceptors (Lipinski definition) is 2. The van der Waals surface area contributed by atoms with Crippen molar-refractivity contribution in [2.75, 3.05) is 19.8 Å². The average Bonchev–Trinajstić information content (AvgIpc) is 2.92. The first-order chi connectivity index (χ1) is 8.95. The summed E-state index contributed by atoms with van der Waals surface area (Å²) in [6.45, 7) is 3.03. The van der Waals surface area contributed by atoms with Gasteiger partial charge in [0.15, 0.2) is 0 Å². The standard InChI is InChI=1S/C16H25NO/c1-2-7-15(8-3-1)9-5-13-18-14-6-11-16-10-4-12-17-16/h1-3,7-8,16-17H,4-6,9-14H2. The Kier molecular flexibility index (Phi) is 6.24. The van der Waals surface area contributed by atoms with E-state index in [-0.39, 0.29) is 0 Å². The van der Waals surface area contributed by atoms with Crippen LogP contribution in [0, 0.1) is 0 Å². The Bertz CT molecular complexity index is 306. The Hall–Kier alpha value is -0.860. The van der Waals surface area contributed by atoms with Gasteiger partial charge in [0, 0.05) is 19.3 Å². The van der Waals surface area contributed by atoms with Crippen LogP contribution in [0.5, 0.6) is 0 Å². The molecule has 2 nitrogen and oxygen atoms in total. The molecule has 18 heavy (non-hydrogen) atoms. The maximum atomic E-state index is 5.69. The molecule has 2 rings (SSSR count). The van der Waals surface area contributed by atoms with E-state index < -0.39 is 0 Å². The molecule has 1 N–H and O–H groups in total. The minimum Gasteiger partial charge on any atom is -0.381 e. The summed E-state index contributed by atoms with van der Waals surface area (Å²) in [6, 6.07) is 11.4. The van der Waals surface area contributed by atoms with Crippen molar-refractivity contribution in [3.05, 3.63) is 35.9 Å². The van der Waals surface area contributed by atoms with E-state index in [4.69, 9.17) is 4.74 Å². The van der Waals surface area contributed by atoms with Crippen LogP contribution in [0.4, 0.5) is 0 Å². The second-order valence-electron chi connectivity index (χ2n) is 5.14. The molecule has 1 unspecified atom stereocenters. The molecule has 1 atom stereocenters. The van der Waals surface area contributed by atoms with Gasteiger partial charge in [0.1, 0.15) is 0 Å². The van der Waals surface area contributed by atoms with Crippen LogP contribution >= 0.6 is 0 Å². The van der Waals surface area contributed by atoms with Crippen molar-refractivity contribution in [1.29, 1.82) is 0 Å². The lowest BCUT2D eigenvalue weighted by atomic mass is 10.1. The van der Waals surface area contributed by atoms with Crippen molar-refractivity contribution in [3.8, 4) is 0 Å². The summed E-state index contributed by atoms with van der Waals surface area (Å²) < 4.78 is 5.69. The lowest BCUT2D eigenvalue weighted by molar-refractivity contribution is 0.126.